The van der Waals surface area contributed by atoms with Crippen LogP contribution in [0.2, 0.25) is 0 Å². The Morgan fingerprint density at radius 1 is 1.09 bits per heavy atom. The molecule has 0 amide bonds. The van der Waals surface area contributed by atoms with Crippen LogP contribution in [0.25, 0.3) is 27.5 Å². The van der Waals surface area contributed by atoms with Crippen LogP contribution in [0.3, 0.4) is 0 Å². The summed E-state index contributed by atoms with van der Waals surface area (Å²) in [5, 5.41) is 21.5. The summed E-state index contributed by atoms with van der Waals surface area (Å²) in [5.74, 6) is 0.307. The predicted octanol–water partition coefficient (Wildman–Crippen LogP) is 5.44. The van der Waals surface area contributed by atoms with Crippen LogP contribution < -0.4 is 5.56 Å². The predicted molar refractivity (Wildman–Crippen MR) is 132 cm³/mol. The Labute approximate surface area is 195 Å². The normalized spacial score (nSPS) is 12.1. The first-order valence-corrected chi connectivity index (χ1v) is 12.0. The summed E-state index contributed by atoms with van der Waals surface area (Å²) in [6.07, 6.45) is 4.15. The van der Waals surface area contributed by atoms with Crippen molar-refractivity contribution in [2.45, 2.75) is 44.3 Å². The third kappa shape index (κ3) is 4.94. The number of H-pyrrole nitrogens is 1. The van der Waals surface area contributed by atoms with Gasteiger partial charge in [0.2, 0.25) is 0 Å². The highest BCUT2D eigenvalue weighted by atomic mass is 32.2. The van der Waals surface area contributed by atoms with Crippen LogP contribution in [0.1, 0.15) is 38.4 Å². The molecular formula is C25H25N5O2S. The SMILES string of the molecule is CCCCCCn1c(SCC(O)=C(C#N)c2nc3ccccc3[nH]2)nc2ccccc2c1=O. The number of aromatic nitrogens is 4. The van der Waals surface area contributed by atoms with Crippen molar-refractivity contribution in [1.29, 1.82) is 5.26 Å². The van der Waals surface area contributed by atoms with Gasteiger partial charge in [0.15, 0.2) is 11.0 Å². The van der Waals surface area contributed by atoms with Crippen molar-refractivity contribution in [1.82, 2.24) is 19.5 Å². The van der Waals surface area contributed by atoms with Crippen molar-refractivity contribution in [3.05, 3.63) is 70.5 Å². The Hall–Kier alpha value is -3.57. The second-order valence-electron chi connectivity index (χ2n) is 7.75. The number of unbranched alkanes of at least 4 members (excludes halogenated alkanes) is 3. The Kier molecular flexibility index (Phi) is 7.10. The van der Waals surface area contributed by atoms with Gasteiger partial charge >= 0.3 is 0 Å². The average Bonchev–Trinajstić information content (AvgIpc) is 3.26. The largest absolute Gasteiger partial charge is 0.510 e. The minimum absolute atomic E-state index is 0.0799. The number of fused-ring (bicyclic) bond motifs is 2. The first kappa shape index (κ1) is 22.6. The quantitative estimate of drug-likeness (QED) is 0.113. The number of para-hydroxylation sites is 3. The fourth-order valence-electron chi connectivity index (χ4n) is 3.68. The number of nitriles is 1. The molecule has 0 fully saturated rings. The van der Waals surface area contributed by atoms with E-state index in [1.165, 1.54) is 11.8 Å². The molecule has 8 heteroatoms. The lowest BCUT2D eigenvalue weighted by molar-refractivity contribution is 0.420. The molecule has 7 nitrogen and oxygen atoms in total. The van der Waals surface area contributed by atoms with Gasteiger partial charge < -0.3 is 10.1 Å². The standard InChI is InChI=1S/C25H25N5O2S/c1-2-3-4-9-14-30-24(32)17-10-5-6-11-19(17)29-25(30)33-16-22(31)18(15-26)23-27-20-12-7-8-13-21(20)28-23/h5-8,10-13,31H,2-4,9,14,16H2,1H3,(H,27,28). The third-order valence-electron chi connectivity index (χ3n) is 5.43. The van der Waals surface area contributed by atoms with E-state index >= 15 is 0 Å². The molecule has 2 aromatic carbocycles. The molecule has 4 rings (SSSR count). The van der Waals surface area contributed by atoms with Gasteiger partial charge in [-0.25, -0.2) is 9.97 Å². The van der Waals surface area contributed by atoms with Crippen LogP contribution in [0.15, 0.2) is 64.2 Å². The molecule has 0 aliphatic heterocycles. The molecule has 33 heavy (non-hydrogen) atoms. The number of imidazole rings is 1. The van der Waals surface area contributed by atoms with Gasteiger partial charge in [-0.3, -0.25) is 9.36 Å². The van der Waals surface area contributed by atoms with Crippen LogP contribution in [0.4, 0.5) is 0 Å². The van der Waals surface area contributed by atoms with E-state index in [1.807, 2.05) is 42.5 Å². The van der Waals surface area contributed by atoms with Crippen LogP contribution in [0.5, 0.6) is 0 Å². The van der Waals surface area contributed by atoms with Crippen LogP contribution in [-0.4, -0.2) is 30.4 Å². The number of hydrogen-bond donors (Lipinski definition) is 2. The first-order valence-electron chi connectivity index (χ1n) is 11.0. The van der Waals surface area contributed by atoms with Gasteiger partial charge in [-0.2, -0.15) is 5.26 Å². The van der Waals surface area contributed by atoms with Gasteiger partial charge in [0.05, 0.1) is 27.7 Å². The minimum Gasteiger partial charge on any atom is -0.510 e. The van der Waals surface area contributed by atoms with E-state index in [1.54, 1.807) is 10.6 Å². The highest BCUT2D eigenvalue weighted by Gasteiger charge is 2.16. The maximum atomic E-state index is 13.1. The van der Waals surface area contributed by atoms with E-state index in [0.29, 0.717) is 28.4 Å². The van der Waals surface area contributed by atoms with Crippen molar-refractivity contribution in [3.8, 4) is 6.07 Å². The molecule has 0 spiro atoms. The molecule has 0 bridgehead atoms. The summed E-state index contributed by atoms with van der Waals surface area (Å²) in [6, 6.07) is 16.8. The Morgan fingerprint density at radius 2 is 1.85 bits per heavy atom. The zero-order valence-corrected chi connectivity index (χ0v) is 19.2. The topological polar surface area (TPSA) is 108 Å². The van der Waals surface area contributed by atoms with E-state index in [9.17, 15) is 15.2 Å². The van der Waals surface area contributed by atoms with Gasteiger partial charge in [0, 0.05) is 6.54 Å². The molecule has 0 unspecified atom stereocenters. The number of benzene rings is 2. The lowest BCUT2D eigenvalue weighted by Gasteiger charge is -2.13. The molecule has 168 valence electrons. The second kappa shape index (κ2) is 10.4. The smallest absolute Gasteiger partial charge is 0.262 e. The average molecular weight is 460 g/mol. The number of allylic oxidation sites excluding steroid dienone is 1. The van der Waals surface area contributed by atoms with Gasteiger partial charge in [-0.1, -0.05) is 62.2 Å². The number of nitrogens with zero attached hydrogens (tertiary/aromatic N) is 4. The molecule has 0 aliphatic carbocycles. The van der Waals surface area contributed by atoms with Gasteiger partial charge in [-0.15, -0.1) is 0 Å². The Morgan fingerprint density at radius 3 is 2.61 bits per heavy atom. The second-order valence-corrected chi connectivity index (χ2v) is 8.70. The molecule has 0 atom stereocenters. The van der Waals surface area contributed by atoms with Crippen LogP contribution in [0, 0.1) is 11.3 Å². The zero-order valence-electron chi connectivity index (χ0n) is 18.4. The van der Waals surface area contributed by atoms with Crippen molar-refractivity contribution < 1.29 is 5.11 Å². The highest BCUT2D eigenvalue weighted by molar-refractivity contribution is 7.99. The molecule has 0 saturated carbocycles. The number of aliphatic hydroxyl groups is 1. The first-order chi connectivity index (χ1) is 16.1. The molecule has 4 aromatic rings. The number of hydrogen-bond acceptors (Lipinski definition) is 6. The molecule has 2 N–H and O–H groups in total. The molecule has 0 aliphatic rings. The van der Waals surface area contributed by atoms with E-state index < -0.39 is 0 Å². The number of aromatic amines is 1. The summed E-state index contributed by atoms with van der Waals surface area (Å²) >= 11 is 1.24. The fourth-order valence-corrected chi connectivity index (χ4v) is 4.59. The summed E-state index contributed by atoms with van der Waals surface area (Å²) < 4.78 is 1.68. The monoisotopic (exact) mass is 459 g/mol. The minimum atomic E-state index is -0.110. The van der Waals surface area contributed by atoms with Crippen molar-refractivity contribution >= 4 is 39.3 Å². The van der Waals surface area contributed by atoms with E-state index in [2.05, 4.69) is 27.9 Å². The fraction of sp³-hybridized carbons (Fsp3) is 0.280. The Balaban J connectivity index is 1.64. The molecule has 0 radical (unpaired) electrons. The zero-order chi connectivity index (χ0) is 23.2. The summed E-state index contributed by atoms with van der Waals surface area (Å²) in [4.78, 5) is 25.3. The lowest BCUT2D eigenvalue weighted by Crippen LogP contribution is -2.23. The van der Waals surface area contributed by atoms with E-state index in [-0.39, 0.29) is 22.6 Å². The van der Waals surface area contributed by atoms with Crippen molar-refractivity contribution in [2.75, 3.05) is 5.75 Å². The van der Waals surface area contributed by atoms with Gasteiger partial charge in [-0.05, 0) is 30.7 Å². The highest BCUT2D eigenvalue weighted by Crippen LogP contribution is 2.24. The number of thioether (sulfide) groups is 1. The summed E-state index contributed by atoms with van der Waals surface area (Å²) in [7, 11) is 0. The third-order valence-corrected chi connectivity index (χ3v) is 6.41. The van der Waals surface area contributed by atoms with E-state index in [0.717, 1.165) is 36.7 Å². The molecular weight excluding hydrogens is 434 g/mol. The van der Waals surface area contributed by atoms with Crippen LogP contribution in [-0.2, 0) is 6.54 Å². The lowest BCUT2D eigenvalue weighted by atomic mass is 10.2. The van der Waals surface area contributed by atoms with Gasteiger partial charge in [0.1, 0.15) is 17.4 Å². The van der Waals surface area contributed by atoms with Crippen LogP contribution >= 0.6 is 11.8 Å². The number of rotatable bonds is 9. The summed E-state index contributed by atoms with van der Waals surface area (Å²) in [6.45, 7) is 2.72. The van der Waals surface area contributed by atoms with Crippen molar-refractivity contribution in [2.24, 2.45) is 0 Å². The molecule has 2 heterocycles. The molecule has 0 saturated heterocycles. The Bertz CT molecular complexity index is 1380. The van der Waals surface area contributed by atoms with Crippen molar-refractivity contribution in [3.63, 3.8) is 0 Å². The van der Waals surface area contributed by atoms with E-state index in [4.69, 9.17) is 0 Å². The maximum Gasteiger partial charge on any atom is 0.262 e. The number of nitrogens with one attached hydrogen (secondary N) is 1. The summed E-state index contributed by atoms with van der Waals surface area (Å²) in [5.41, 5.74) is 2.13. The van der Waals surface area contributed by atoms with Gasteiger partial charge in [0.25, 0.3) is 5.56 Å². The molecule has 2 aromatic heterocycles. The maximum absolute atomic E-state index is 13.1. The number of aliphatic hydroxyl groups excluding tert-OH is 1.